The Kier molecular flexibility index (Phi) is 3.80. The SMILES string of the molecule is CC(C)c1cccc(NC(=O)c2ncccc2O)c1. The lowest BCUT2D eigenvalue weighted by atomic mass is 10.0. The Balaban J connectivity index is 2.20. The summed E-state index contributed by atoms with van der Waals surface area (Å²) in [6, 6.07) is 10.6. The van der Waals surface area contributed by atoms with E-state index in [1.54, 1.807) is 6.07 Å². The van der Waals surface area contributed by atoms with Gasteiger partial charge in [-0.1, -0.05) is 26.0 Å². The molecule has 0 bridgehead atoms. The topological polar surface area (TPSA) is 62.2 Å². The predicted octanol–water partition coefficient (Wildman–Crippen LogP) is 3.16. The normalized spacial score (nSPS) is 10.5. The number of pyridine rings is 1. The van der Waals surface area contributed by atoms with E-state index in [4.69, 9.17) is 0 Å². The van der Waals surface area contributed by atoms with Gasteiger partial charge in [-0.3, -0.25) is 4.79 Å². The number of hydrogen-bond acceptors (Lipinski definition) is 3. The highest BCUT2D eigenvalue weighted by molar-refractivity contribution is 6.04. The van der Waals surface area contributed by atoms with Crippen molar-refractivity contribution in [2.45, 2.75) is 19.8 Å². The maximum absolute atomic E-state index is 12.0. The third-order valence-corrected chi connectivity index (χ3v) is 2.81. The van der Waals surface area contributed by atoms with Crippen LogP contribution in [0.4, 0.5) is 5.69 Å². The molecule has 0 atom stereocenters. The number of carbonyl (C=O) groups is 1. The van der Waals surface area contributed by atoms with E-state index in [1.807, 2.05) is 24.3 Å². The van der Waals surface area contributed by atoms with Crippen LogP contribution in [0.3, 0.4) is 0 Å². The van der Waals surface area contributed by atoms with Crippen molar-refractivity contribution in [3.63, 3.8) is 0 Å². The van der Waals surface area contributed by atoms with E-state index in [0.29, 0.717) is 11.6 Å². The van der Waals surface area contributed by atoms with Gasteiger partial charge in [-0.15, -0.1) is 0 Å². The van der Waals surface area contributed by atoms with Gasteiger partial charge in [0, 0.05) is 11.9 Å². The summed E-state index contributed by atoms with van der Waals surface area (Å²) >= 11 is 0. The van der Waals surface area contributed by atoms with Gasteiger partial charge < -0.3 is 10.4 Å². The van der Waals surface area contributed by atoms with Gasteiger partial charge in [-0.2, -0.15) is 0 Å². The molecule has 0 unspecified atom stereocenters. The minimum atomic E-state index is -0.418. The molecule has 19 heavy (non-hydrogen) atoms. The monoisotopic (exact) mass is 256 g/mol. The quantitative estimate of drug-likeness (QED) is 0.886. The fraction of sp³-hybridized carbons (Fsp3) is 0.200. The Morgan fingerprint density at radius 2 is 2.05 bits per heavy atom. The van der Waals surface area contributed by atoms with Gasteiger partial charge >= 0.3 is 0 Å². The molecule has 4 heteroatoms. The second-order valence-corrected chi connectivity index (χ2v) is 4.61. The molecule has 0 spiro atoms. The van der Waals surface area contributed by atoms with Gasteiger partial charge in [0.25, 0.3) is 5.91 Å². The first-order valence-electron chi connectivity index (χ1n) is 6.13. The number of benzene rings is 1. The van der Waals surface area contributed by atoms with E-state index in [2.05, 4.69) is 24.1 Å². The van der Waals surface area contributed by atoms with Crippen LogP contribution in [-0.4, -0.2) is 16.0 Å². The third kappa shape index (κ3) is 3.10. The molecule has 2 N–H and O–H groups in total. The molecule has 0 fully saturated rings. The number of anilines is 1. The number of carbonyl (C=O) groups excluding carboxylic acids is 1. The van der Waals surface area contributed by atoms with Crippen molar-refractivity contribution >= 4 is 11.6 Å². The molecule has 1 heterocycles. The molecule has 0 saturated carbocycles. The Morgan fingerprint density at radius 3 is 2.74 bits per heavy atom. The summed E-state index contributed by atoms with van der Waals surface area (Å²) in [5.74, 6) is -0.154. The van der Waals surface area contributed by atoms with E-state index < -0.39 is 5.91 Å². The van der Waals surface area contributed by atoms with Crippen LogP contribution in [0.5, 0.6) is 5.75 Å². The summed E-state index contributed by atoms with van der Waals surface area (Å²) in [5, 5.41) is 12.3. The van der Waals surface area contributed by atoms with Crippen LogP contribution in [0.1, 0.15) is 35.8 Å². The molecule has 0 aliphatic carbocycles. The lowest BCUT2D eigenvalue weighted by Gasteiger charge is -2.09. The Bertz CT molecular complexity index is 594. The average molecular weight is 256 g/mol. The Morgan fingerprint density at radius 1 is 1.26 bits per heavy atom. The summed E-state index contributed by atoms with van der Waals surface area (Å²) in [4.78, 5) is 15.9. The third-order valence-electron chi connectivity index (χ3n) is 2.81. The number of aromatic hydroxyl groups is 1. The lowest BCUT2D eigenvalue weighted by Crippen LogP contribution is -2.13. The first-order chi connectivity index (χ1) is 9.08. The van der Waals surface area contributed by atoms with Crippen LogP contribution in [-0.2, 0) is 0 Å². The minimum Gasteiger partial charge on any atom is -0.505 e. The number of rotatable bonds is 3. The number of nitrogens with zero attached hydrogens (tertiary/aromatic N) is 1. The van der Waals surface area contributed by atoms with Gasteiger partial charge in [0.2, 0.25) is 0 Å². The largest absolute Gasteiger partial charge is 0.505 e. The first-order valence-corrected chi connectivity index (χ1v) is 6.13. The molecule has 1 aromatic heterocycles. The van der Waals surface area contributed by atoms with Gasteiger partial charge in [0.05, 0.1) is 0 Å². The van der Waals surface area contributed by atoms with E-state index in [-0.39, 0.29) is 11.4 Å². The molecule has 0 radical (unpaired) electrons. The van der Waals surface area contributed by atoms with Crippen molar-refractivity contribution in [3.8, 4) is 5.75 Å². The van der Waals surface area contributed by atoms with Gasteiger partial charge in [-0.25, -0.2) is 4.98 Å². The number of amides is 1. The van der Waals surface area contributed by atoms with E-state index in [9.17, 15) is 9.90 Å². The zero-order valence-corrected chi connectivity index (χ0v) is 10.9. The summed E-state index contributed by atoms with van der Waals surface area (Å²) in [6.07, 6.45) is 1.47. The molecule has 0 aliphatic heterocycles. The van der Waals surface area contributed by atoms with Crippen molar-refractivity contribution in [2.24, 2.45) is 0 Å². The smallest absolute Gasteiger partial charge is 0.278 e. The number of hydrogen-bond donors (Lipinski definition) is 2. The Labute approximate surface area is 112 Å². The van der Waals surface area contributed by atoms with Crippen molar-refractivity contribution in [1.29, 1.82) is 0 Å². The second-order valence-electron chi connectivity index (χ2n) is 4.61. The highest BCUT2D eigenvalue weighted by atomic mass is 16.3. The summed E-state index contributed by atoms with van der Waals surface area (Å²) in [7, 11) is 0. The summed E-state index contributed by atoms with van der Waals surface area (Å²) < 4.78 is 0. The number of aromatic nitrogens is 1. The highest BCUT2D eigenvalue weighted by Crippen LogP contribution is 2.20. The van der Waals surface area contributed by atoms with Crippen LogP contribution < -0.4 is 5.32 Å². The second kappa shape index (κ2) is 5.52. The van der Waals surface area contributed by atoms with Gasteiger partial charge in [-0.05, 0) is 35.7 Å². The van der Waals surface area contributed by atoms with Crippen molar-refractivity contribution < 1.29 is 9.90 Å². The molecule has 1 aromatic carbocycles. The molecule has 0 saturated heterocycles. The van der Waals surface area contributed by atoms with E-state index >= 15 is 0 Å². The summed E-state index contributed by atoms with van der Waals surface area (Å²) in [6.45, 7) is 4.18. The van der Waals surface area contributed by atoms with Crippen LogP contribution >= 0.6 is 0 Å². The molecular weight excluding hydrogens is 240 g/mol. The van der Waals surface area contributed by atoms with E-state index in [0.717, 1.165) is 5.56 Å². The van der Waals surface area contributed by atoms with Gasteiger partial charge in [0.1, 0.15) is 5.75 Å². The van der Waals surface area contributed by atoms with Crippen molar-refractivity contribution in [3.05, 3.63) is 53.9 Å². The fourth-order valence-corrected chi connectivity index (χ4v) is 1.74. The molecular formula is C15H16N2O2. The molecule has 0 aliphatic rings. The zero-order chi connectivity index (χ0) is 13.8. The molecule has 1 amide bonds. The van der Waals surface area contributed by atoms with E-state index in [1.165, 1.54) is 12.3 Å². The van der Waals surface area contributed by atoms with Crippen molar-refractivity contribution in [1.82, 2.24) is 4.98 Å². The minimum absolute atomic E-state index is 0.0254. The van der Waals surface area contributed by atoms with Crippen LogP contribution in [0, 0.1) is 0 Å². The molecule has 4 nitrogen and oxygen atoms in total. The molecule has 98 valence electrons. The van der Waals surface area contributed by atoms with Crippen LogP contribution in [0.2, 0.25) is 0 Å². The molecule has 2 aromatic rings. The Hall–Kier alpha value is -2.36. The van der Waals surface area contributed by atoms with Gasteiger partial charge in [0.15, 0.2) is 5.69 Å². The molecule has 2 rings (SSSR count). The van der Waals surface area contributed by atoms with Crippen molar-refractivity contribution in [2.75, 3.05) is 5.32 Å². The zero-order valence-electron chi connectivity index (χ0n) is 10.9. The summed E-state index contributed by atoms with van der Waals surface area (Å²) in [5.41, 5.74) is 1.86. The maximum Gasteiger partial charge on any atom is 0.278 e. The average Bonchev–Trinajstić information content (AvgIpc) is 2.39. The standard InChI is InChI=1S/C15H16N2O2/c1-10(2)11-5-3-6-12(9-11)17-15(19)14-13(18)7-4-8-16-14/h3-10,18H,1-2H3,(H,17,19). The fourth-order valence-electron chi connectivity index (χ4n) is 1.74. The van der Waals surface area contributed by atoms with Crippen LogP contribution in [0.15, 0.2) is 42.6 Å². The maximum atomic E-state index is 12.0. The lowest BCUT2D eigenvalue weighted by molar-refractivity contribution is 0.101. The number of nitrogens with one attached hydrogen (secondary N) is 1. The van der Waals surface area contributed by atoms with Crippen LogP contribution in [0.25, 0.3) is 0 Å². The first kappa shape index (κ1) is 13.1. The predicted molar refractivity (Wildman–Crippen MR) is 74.4 cm³/mol. The highest BCUT2D eigenvalue weighted by Gasteiger charge is 2.12.